The van der Waals surface area contributed by atoms with E-state index in [2.05, 4.69) is 5.16 Å². The molecule has 178 valence electrons. The van der Waals surface area contributed by atoms with Gasteiger partial charge in [-0.25, -0.2) is 8.42 Å². The number of carbonyl (C=O) groups is 1. The lowest BCUT2D eigenvalue weighted by Crippen LogP contribution is -2.51. The zero-order valence-corrected chi connectivity index (χ0v) is 19.8. The fourth-order valence-electron chi connectivity index (χ4n) is 3.75. The Morgan fingerprint density at radius 2 is 1.68 bits per heavy atom. The van der Waals surface area contributed by atoms with E-state index in [1.807, 2.05) is 61.5 Å². The molecule has 34 heavy (non-hydrogen) atoms. The molecule has 1 fully saturated rings. The number of hydrogen-bond donors (Lipinski definition) is 0. The highest BCUT2D eigenvalue weighted by atomic mass is 32.2. The molecule has 0 atom stereocenters. The van der Waals surface area contributed by atoms with Crippen LogP contribution >= 0.6 is 0 Å². The van der Waals surface area contributed by atoms with Gasteiger partial charge in [0, 0.05) is 26.2 Å². The summed E-state index contributed by atoms with van der Waals surface area (Å²) in [5.74, 6) is 0.545. The minimum atomic E-state index is -3.63. The number of fused-ring (bicyclic) bond motifs is 1. The summed E-state index contributed by atoms with van der Waals surface area (Å²) in [4.78, 5) is 19.4. The van der Waals surface area contributed by atoms with Crippen LogP contribution in [-0.2, 0) is 19.7 Å². The fraction of sp³-hybridized carbons (Fsp3) is 0.280. The molecule has 0 aliphatic carbocycles. The highest BCUT2D eigenvalue weighted by Crippen LogP contribution is 2.23. The fourth-order valence-corrected chi connectivity index (χ4v) is 5.21. The van der Waals surface area contributed by atoms with Crippen molar-refractivity contribution in [2.24, 2.45) is 5.16 Å². The summed E-state index contributed by atoms with van der Waals surface area (Å²) < 4.78 is 33.0. The van der Waals surface area contributed by atoms with E-state index >= 15 is 0 Å². The Labute approximate surface area is 199 Å². The second-order valence-electron chi connectivity index (χ2n) is 7.80. The van der Waals surface area contributed by atoms with Gasteiger partial charge in [-0.15, -0.1) is 0 Å². The molecular formula is C25H27N3O5S. The van der Waals surface area contributed by atoms with Crippen molar-refractivity contribution in [1.29, 1.82) is 0 Å². The molecule has 1 heterocycles. The highest BCUT2D eigenvalue weighted by molar-refractivity contribution is 7.89. The molecule has 1 saturated heterocycles. The van der Waals surface area contributed by atoms with Crippen LogP contribution in [-0.4, -0.2) is 69.1 Å². The third kappa shape index (κ3) is 5.55. The summed E-state index contributed by atoms with van der Waals surface area (Å²) in [7, 11) is -3.63. The number of hydrogen-bond acceptors (Lipinski definition) is 6. The van der Waals surface area contributed by atoms with Crippen molar-refractivity contribution in [3.8, 4) is 5.75 Å². The molecule has 1 amide bonds. The molecule has 0 unspecified atom stereocenters. The SMILES string of the molecule is CCOc1ccc(/C=N/OCC(=O)N2CCN(S(=O)(=O)c3ccc4ccccc4c3)CC2)cc1. The zero-order chi connectivity index (χ0) is 24.0. The van der Waals surface area contributed by atoms with E-state index in [0.717, 1.165) is 22.1 Å². The van der Waals surface area contributed by atoms with Crippen molar-refractivity contribution < 1.29 is 22.8 Å². The Kier molecular flexibility index (Phi) is 7.44. The van der Waals surface area contributed by atoms with Gasteiger partial charge in [0.25, 0.3) is 5.91 Å². The third-order valence-electron chi connectivity index (χ3n) is 5.61. The molecule has 0 aromatic heterocycles. The second kappa shape index (κ2) is 10.7. The molecule has 0 spiro atoms. The number of amides is 1. The summed E-state index contributed by atoms with van der Waals surface area (Å²) in [6.45, 7) is 3.39. The molecular weight excluding hydrogens is 454 g/mol. The van der Waals surface area contributed by atoms with E-state index in [4.69, 9.17) is 9.57 Å². The maximum Gasteiger partial charge on any atom is 0.263 e. The Hall–Kier alpha value is -3.43. The average molecular weight is 482 g/mol. The van der Waals surface area contributed by atoms with Crippen molar-refractivity contribution >= 4 is 32.9 Å². The first-order valence-electron chi connectivity index (χ1n) is 11.1. The molecule has 1 aliphatic rings. The maximum absolute atomic E-state index is 13.1. The minimum Gasteiger partial charge on any atom is -0.494 e. The van der Waals surface area contributed by atoms with E-state index in [1.165, 1.54) is 10.5 Å². The first-order valence-corrected chi connectivity index (χ1v) is 12.6. The van der Waals surface area contributed by atoms with Crippen LogP contribution in [0.1, 0.15) is 12.5 Å². The van der Waals surface area contributed by atoms with Gasteiger partial charge in [0.1, 0.15) is 5.75 Å². The number of nitrogens with zero attached hydrogens (tertiary/aromatic N) is 3. The van der Waals surface area contributed by atoms with Gasteiger partial charge in [-0.2, -0.15) is 4.31 Å². The molecule has 1 aliphatic heterocycles. The lowest BCUT2D eigenvalue weighted by Gasteiger charge is -2.33. The van der Waals surface area contributed by atoms with Crippen molar-refractivity contribution in [2.75, 3.05) is 39.4 Å². The van der Waals surface area contributed by atoms with Gasteiger partial charge in [0.15, 0.2) is 6.61 Å². The van der Waals surface area contributed by atoms with Crippen molar-refractivity contribution in [3.05, 3.63) is 72.3 Å². The Balaban J connectivity index is 1.27. The zero-order valence-electron chi connectivity index (χ0n) is 19.0. The van der Waals surface area contributed by atoms with Crippen LogP contribution in [0.2, 0.25) is 0 Å². The van der Waals surface area contributed by atoms with Gasteiger partial charge < -0.3 is 14.5 Å². The highest BCUT2D eigenvalue weighted by Gasteiger charge is 2.30. The quantitative estimate of drug-likeness (QED) is 0.364. The predicted molar refractivity (Wildman–Crippen MR) is 130 cm³/mol. The smallest absolute Gasteiger partial charge is 0.263 e. The Morgan fingerprint density at radius 3 is 2.38 bits per heavy atom. The molecule has 3 aromatic rings. The van der Waals surface area contributed by atoms with Gasteiger partial charge >= 0.3 is 0 Å². The van der Waals surface area contributed by atoms with Crippen LogP contribution in [0.3, 0.4) is 0 Å². The van der Waals surface area contributed by atoms with E-state index in [0.29, 0.717) is 19.7 Å². The van der Waals surface area contributed by atoms with Crippen LogP contribution in [0.4, 0.5) is 0 Å². The van der Waals surface area contributed by atoms with Crippen LogP contribution in [0, 0.1) is 0 Å². The lowest BCUT2D eigenvalue weighted by atomic mass is 10.1. The average Bonchev–Trinajstić information content (AvgIpc) is 2.87. The number of ether oxygens (including phenoxy) is 1. The molecule has 9 heteroatoms. The summed E-state index contributed by atoms with van der Waals surface area (Å²) >= 11 is 0. The molecule has 0 bridgehead atoms. The Morgan fingerprint density at radius 1 is 0.971 bits per heavy atom. The normalized spacial score (nSPS) is 15.0. The molecule has 0 N–H and O–H groups in total. The third-order valence-corrected chi connectivity index (χ3v) is 7.50. The van der Waals surface area contributed by atoms with Crippen LogP contribution in [0.5, 0.6) is 5.75 Å². The summed E-state index contributed by atoms with van der Waals surface area (Å²) in [5, 5.41) is 5.71. The second-order valence-corrected chi connectivity index (χ2v) is 9.74. The van der Waals surface area contributed by atoms with E-state index in [9.17, 15) is 13.2 Å². The van der Waals surface area contributed by atoms with Crippen molar-refractivity contribution in [2.45, 2.75) is 11.8 Å². The lowest BCUT2D eigenvalue weighted by molar-refractivity contribution is -0.137. The maximum atomic E-state index is 13.1. The number of oxime groups is 1. The molecule has 8 nitrogen and oxygen atoms in total. The first kappa shape index (κ1) is 23.7. The molecule has 0 saturated carbocycles. The van der Waals surface area contributed by atoms with Crippen molar-refractivity contribution in [3.63, 3.8) is 0 Å². The van der Waals surface area contributed by atoms with Gasteiger partial charge in [-0.1, -0.05) is 35.5 Å². The molecule has 3 aromatic carbocycles. The van der Waals surface area contributed by atoms with Crippen LogP contribution in [0.15, 0.2) is 76.8 Å². The molecule has 0 radical (unpaired) electrons. The van der Waals surface area contributed by atoms with E-state index in [1.54, 1.807) is 17.0 Å². The van der Waals surface area contributed by atoms with Gasteiger partial charge in [-0.05, 0) is 59.7 Å². The number of sulfonamides is 1. The van der Waals surface area contributed by atoms with Gasteiger partial charge in [-0.3, -0.25) is 4.79 Å². The number of rotatable bonds is 8. The van der Waals surface area contributed by atoms with Crippen molar-refractivity contribution in [1.82, 2.24) is 9.21 Å². The predicted octanol–water partition coefficient (Wildman–Crippen LogP) is 3.12. The van der Waals surface area contributed by atoms with E-state index in [-0.39, 0.29) is 30.5 Å². The standard InChI is InChI=1S/C25H27N3O5S/c1-2-32-23-10-7-20(8-11-23)18-26-33-19-25(29)27-13-15-28(16-14-27)34(30,31)24-12-9-21-5-3-4-6-22(21)17-24/h3-12,17-18H,2,13-16,19H2,1H3/b26-18+. The number of piperazine rings is 1. The molecule has 4 rings (SSSR count). The van der Waals surface area contributed by atoms with Crippen LogP contribution in [0.25, 0.3) is 10.8 Å². The first-order chi connectivity index (χ1) is 16.5. The summed E-state index contributed by atoms with van der Waals surface area (Å²) in [6, 6.07) is 20.1. The van der Waals surface area contributed by atoms with Gasteiger partial charge in [0.2, 0.25) is 10.0 Å². The minimum absolute atomic E-state index is 0.203. The van der Waals surface area contributed by atoms with E-state index < -0.39 is 10.0 Å². The summed E-state index contributed by atoms with van der Waals surface area (Å²) in [5.41, 5.74) is 0.823. The topological polar surface area (TPSA) is 88.5 Å². The van der Waals surface area contributed by atoms with Gasteiger partial charge in [0.05, 0.1) is 17.7 Å². The number of benzene rings is 3. The summed E-state index contributed by atoms with van der Waals surface area (Å²) in [6.07, 6.45) is 1.52. The monoisotopic (exact) mass is 481 g/mol. The Bertz CT molecular complexity index is 1270. The van der Waals surface area contributed by atoms with Crippen LogP contribution < -0.4 is 4.74 Å². The largest absolute Gasteiger partial charge is 0.494 e. The number of carbonyl (C=O) groups excluding carboxylic acids is 1.